The molecule has 12 nitrogen and oxygen atoms in total. The number of aromatic amines is 1. The zero-order chi connectivity index (χ0) is 32.6. The van der Waals surface area contributed by atoms with Gasteiger partial charge in [-0.25, -0.2) is 9.59 Å². The molecule has 0 aliphatic heterocycles. The van der Waals surface area contributed by atoms with E-state index >= 15 is 0 Å². The van der Waals surface area contributed by atoms with Crippen LogP contribution in [0.4, 0.5) is 4.79 Å². The Morgan fingerprint density at radius 3 is 2.24 bits per heavy atom. The molecule has 0 fully saturated rings. The highest BCUT2D eigenvalue weighted by molar-refractivity contribution is 5.81. The predicted molar refractivity (Wildman–Crippen MR) is 168 cm³/mol. The number of aromatic nitrogens is 2. The summed E-state index contributed by atoms with van der Waals surface area (Å²) >= 11 is 0. The van der Waals surface area contributed by atoms with Crippen molar-refractivity contribution in [2.24, 2.45) is 0 Å². The van der Waals surface area contributed by atoms with Gasteiger partial charge >= 0.3 is 17.8 Å². The molecule has 3 aromatic carbocycles. The highest BCUT2D eigenvalue weighted by Gasteiger charge is 2.30. The van der Waals surface area contributed by atoms with Gasteiger partial charge in [-0.15, -0.1) is 0 Å². The lowest BCUT2D eigenvalue weighted by Gasteiger charge is -2.27. The normalized spacial score (nSPS) is 12.5. The first-order valence-electron chi connectivity index (χ1n) is 14.7. The van der Waals surface area contributed by atoms with Gasteiger partial charge in [-0.2, -0.15) is 0 Å². The van der Waals surface area contributed by atoms with Crippen LogP contribution in [-0.4, -0.2) is 69.9 Å². The Hall–Kier alpha value is -5.49. The Labute approximate surface area is 264 Å². The van der Waals surface area contributed by atoms with Crippen LogP contribution in [0.15, 0.2) is 94.6 Å². The topological polar surface area (TPSA) is 160 Å². The van der Waals surface area contributed by atoms with E-state index in [1.807, 2.05) is 78.9 Å². The highest BCUT2D eigenvalue weighted by Crippen LogP contribution is 2.44. The molecule has 1 aliphatic carbocycles. The van der Waals surface area contributed by atoms with Crippen molar-refractivity contribution in [2.45, 2.75) is 32.0 Å². The lowest BCUT2D eigenvalue weighted by atomic mass is 9.98. The van der Waals surface area contributed by atoms with E-state index in [0.717, 1.165) is 37.3 Å². The molecule has 0 saturated heterocycles. The van der Waals surface area contributed by atoms with Gasteiger partial charge in [-0.3, -0.25) is 23.9 Å². The Morgan fingerprint density at radius 1 is 0.957 bits per heavy atom. The molecule has 5 rings (SSSR count). The lowest BCUT2D eigenvalue weighted by Crippen LogP contribution is -2.50. The van der Waals surface area contributed by atoms with E-state index in [-0.39, 0.29) is 37.8 Å². The fourth-order valence-electron chi connectivity index (χ4n) is 5.51. The molecule has 0 saturated carbocycles. The van der Waals surface area contributed by atoms with Crippen molar-refractivity contribution >= 4 is 18.0 Å². The van der Waals surface area contributed by atoms with Crippen LogP contribution in [0.25, 0.3) is 11.1 Å². The number of fused-ring (bicyclic) bond motifs is 3. The number of carboxylic acid groups (broad SMARTS) is 1. The largest absolute Gasteiger partial charge is 0.480 e. The highest BCUT2D eigenvalue weighted by atomic mass is 16.5. The molecule has 3 N–H and O–H groups in total. The number of H-pyrrole nitrogens is 1. The first-order valence-corrected chi connectivity index (χ1v) is 14.7. The Balaban J connectivity index is 1.30. The van der Waals surface area contributed by atoms with Crippen LogP contribution in [0.5, 0.6) is 0 Å². The van der Waals surface area contributed by atoms with Crippen LogP contribution in [0.3, 0.4) is 0 Å². The molecule has 1 aliphatic rings. The molecule has 0 bridgehead atoms. The number of rotatable bonds is 13. The van der Waals surface area contributed by atoms with Gasteiger partial charge in [0, 0.05) is 24.2 Å². The second kappa shape index (κ2) is 14.5. The van der Waals surface area contributed by atoms with Gasteiger partial charge in [0.15, 0.2) is 0 Å². The van der Waals surface area contributed by atoms with E-state index in [4.69, 9.17) is 9.47 Å². The summed E-state index contributed by atoms with van der Waals surface area (Å²) in [6.07, 6.45) is 0.471. The van der Waals surface area contributed by atoms with Crippen LogP contribution < -0.4 is 16.6 Å². The fourth-order valence-corrected chi connectivity index (χ4v) is 5.51. The Morgan fingerprint density at radius 2 is 1.59 bits per heavy atom. The van der Waals surface area contributed by atoms with Crippen molar-refractivity contribution < 1.29 is 29.0 Å². The standard InChI is InChI=1S/C34H34N4O8/c1-22-15-38(33(43)36-32(22)42)17-30(39)37(18-31(40)41)16-24(20-45-19-23-9-3-2-4-10-23)35-34(44)46-21-29-27-13-7-5-11-25(27)26-12-6-8-14-28(26)29/h2-15,24,29H,16-21H2,1H3,(H,35,44)(H,40,41)(H,36,42,43)/t24-/m0/s1. The van der Waals surface area contributed by atoms with Crippen molar-refractivity contribution in [2.75, 3.05) is 26.3 Å². The number of ether oxygens (including phenoxy) is 2. The molecule has 0 unspecified atom stereocenters. The van der Waals surface area contributed by atoms with E-state index in [0.29, 0.717) is 0 Å². The molecular weight excluding hydrogens is 592 g/mol. The van der Waals surface area contributed by atoms with Crippen LogP contribution in [0.1, 0.15) is 28.2 Å². The summed E-state index contributed by atoms with van der Waals surface area (Å²) in [5, 5.41) is 12.3. The number of carbonyl (C=O) groups excluding carboxylic acids is 2. The minimum atomic E-state index is -1.29. The van der Waals surface area contributed by atoms with Gasteiger partial charge in [0.2, 0.25) is 5.91 Å². The molecule has 1 aromatic heterocycles. The zero-order valence-corrected chi connectivity index (χ0v) is 25.2. The number of nitrogens with zero attached hydrogens (tertiary/aromatic N) is 2. The summed E-state index contributed by atoms with van der Waals surface area (Å²) in [5.41, 5.74) is 3.96. The third-order valence-electron chi connectivity index (χ3n) is 7.71. The number of carbonyl (C=O) groups is 3. The number of amides is 2. The number of nitrogens with one attached hydrogen (secondary N) is 2. The second-order valence-electron chi connectivity index (χ2n) is 11.0. The van der Waals surface area contributed by atoms with Crippen LogP contribution in [-0.2, 0) is 32.2 Å². The average Bonchev–Trinajstić information content (AvgIpc) is 3.36. The average molecular weight is 627 g/mol. The van der Waals surface area contributed by atoms with Gasteiger partial charge in [-0.1, -0.05) is 78.9 Å². The molecule has 1 heterocycles. The summed E-state index contributed by atoms with van der Waals surface area (Å²) in [5.74, 6) is -2.17. The first kappa shape index (κ1) is 31.9. The number of alkyl carbamates (subject to hydrolysis) is 1. The Bertz CT molecular complexity index is 1790. The first-order chi connectivity index (χ1) is 22.2. The van der Waals surface area contributed by atoms with Crippen molar-refractivity contribution in [3.05, 3.63) is 128 Å². The molecule has 0 spiro atoms. The van der Waals surface area contributed by atoms with Crippen molar-refractivity contribution in [3.63, 3.8) is 0 Å². The molecule has 12 heteroatoms. The van der Waals surface area contributed by atoms with Gasteiger partial charge in [0.25, 0.3) is 5.56 Å². The number of benzene rings is 3. The van der Waals surface area contributed by atoms with Gasteiger partial charge in [0.1, 0.15) is 19.7 Å². The zero-order valence-electron chi connectivity index (χ0n) is 25.2. The van der Waals surface area contributed by atoms with Crippen molar-refractivity contribution in [1.29, 1.82) is 0 Å². The SMILES string of the molecule is Cc1cn(CC(=O)N(CC(=O)O)C[C@@H](COCc2ccccc2)NC(=O)OCC2c3ccccc3-c3ccccc32)c(=O)[nH]c1=O. The summed E-state index contributed by atoms with van der Waals surface area (Å²) in [6, 6.07) is 24.4. The van der Waals surface area contributed by atoms with E-state index in [9.17, 15) is 29.1 Å². The number of aryl methyl sites for hydroxylation is 1. The quantitative estimate of drug-likeness (QED) is 0.204. The third-order valence-corrected chi connectivity index (χ3v) is 7.71. The molecule has 1 atom stereocenters. The second-order valence-corrected chi connectivity index (χ2v) is 11.0. The molecular formula is C34H34N4O8. The summed E-state index contributed by atoms with van der Waals surface area (Å²) in [7, 11) is 0. The molecule has 4 aromatic rings. The Kier molecular flexibility index (Phi) is 10.1. The lowest BCUT2D eigenvalue weighted by molar-refractivity contribution is -0.145. The van der Waals surface area contributed by atoms with E-state index < -0.39 is 48.4 Å². The smallest absolute Gasteiger partial charge is 0.407 e. The van der Waals surface area contributed by atoms with Gasteiger partial charge < -0.3 is 24.8 Å². The maximum absolute atomic E-state index is 13.3. The molecule has 0 radical (unpaired) electrons. The number of carboxylic acids is 1. The van der Waals surface area contributed by atoms with Crippen LogP contribution in [0, 0.1) is 6.92 Å². The van der Waals surface area contributed by atoms with Crippen molar-refractivity contribution in [3.8, 4) is 11.1 Å². The summed E-state index contributed by atoms with van der Waals surface area (Å²) in [6.45, 7) is 0.212. The maximum Gasteiger partial charge on any atom is 0.407 e. The van der Waals surface area contributed by atoms with Gasteiger partial charge in [-0.05, 0) is 34.7 Å². The van der Waals surface area contributed by atoms with Gasteiger partial charge in [0.05, 0.1) is 19.3 Å². The third kappa shape index (κ3) is 7.77. The van der Waals surface area contributed by atoms with E-state index in [2.05, 4.69) is 10.3 Å². The van der Waals surface area contributed by atoms with Crippen LogP contribution in [0.2, 0.25) is 0 Å². The number of aliphatic carboxylic acids is 1. The molecule has 46 heavy (non-hydrogen) atoms. The minimum absolute atomic E-state index is 0.0592. The van der Waals surface area contributed by atoms with E-state index in [1.54, 1.807) is 0 Å². The van der Waals surface area contributed by atoms with Crippen molar-refractivity contribution in [1.82, 2.24) is 19.8 Å². The number of hydrogen-bond donors (Lipinski definition) is 3. The van der Waals surface area contributed by atoms with E-state index in [1.165, 1.54) is 13.1 Å². The summed E-state index contributed by atoms with van der Waals surface area (Å²) < 4.78 is 12.5. The molecule has 238 valence electrons. The molecule has 2 amide bonds. The van der Waals surface area contributed by atoms with Crippen LogP contribution >= 0.6 is 0 Å². The monoisotopic (exact) mass is 626 g/mol. The summed E-state index contributed by atoms with van der Waals surface area (Å²) in [4.78, 5) is 65.3. The minimum Gasteiger partial charge on any atom is -0.480 e. The fraction of sp³-hybridized carbons (Fsp3) is 0.265. The number of hydrogen-bond acceptors (Lipinski definition) is 7. The predicted octanol–water partition coefficient (Wildman–Crippen LogP) is 2.88. The maximum atomic E-state index is 13.3.